The van der Waals surface area contributed by atoms with Crippen molar-refractivity contribution in [3.63, 3.8) is 0 Å². The average molecular weight is 371 g/mol. The van der Waals surface area contributed by atoms with Crippen LogP contribution in [0.25, 0.3) is 27.5 Å². The summed E-state index contributed by atoms with van der Waals surface area (Å²) in [7, 11) is 0.463. The number of fused-ring (bicyclic) bond motifs is 3. The molecule has 4 rings (SSSR count). The lowest BCUT2D eigenvalue weighted by atomic mass is 9.82. The summed E-state index contributed by atoms with van der Waals surface area (Å²) in [5.41, 5.74) is 3.09. The smallest absolute Gasteiger partial charge is 0.309 e. The lowest BCUT2D eigenvalue weighted by Crippen LogP contribution is -2.49. The Bertz CT molecular complexity index is 1070. The highest BCUT2D eigenvalue weighted by Gasteiger charge is 2.35. The second-order valence-corrected chi connectivity index (χ2v) is 8.39. The third-order valence-electron chi connectivity index (χ3n) is 5.85. The number of aliphatic hydroxyl groups is 1. The van der Waals surface area contributed by atoms with Gasteiger partial charge in [0.15, 0.2) is 0 Å². The predicted octanol–water partition coefficient (Wildman–Crippen LogP) is 4.33. The Morgan fingerprint density at radius 3 is 1.75 bits per heavy atom. The van der Waals surface area contributed by atoms with Gasteiger partial charge in [-0.2, -0.15) is 0 Å². The molecule has 0 saturated heterocycles. The number of hydrogen-bond donors (Lipinski definition) is 1. The van der Waals surface area contributed by atoms with Crippen LogP contribution in [0.5, 0.6) is 0 Å². The van der Waals surface area contributed by atoms with Gasteiger partial charge in [0.2, 0.25) is 0 Å². The quantitative estimate of drug-likeness (QED) is 0.530. The van der Waals surface area contributed by atoms with Crippen molar-refractivity contribution >= 4 is 34.8 Å². The summed E-state index contributed by atoms with van der Waals surface area (Å²) in [6, 6.07) is 25.5. The van der Waals surface area contributed by atoms with Crippen LogP contribution in [-0.2, 0) is 4.65 Å². The molecule has 0 aliphatic carbocycles. The first-order valence-corrected chi connectivity index (χ1v) is 9.72. The molecule has 0 amide bonds. The fraction of sp³-hybridized carbons (Fsp3) is 0.250. The summed E-state index contributed by atoms with van der Waals surface area (Å²) < 4.78 is 8.30. The Morgan fingerprint density at radius 2 is 1.25 bits per heavy atom. The zero-order valence-electron chi connectivity index (χ0n) is 16.9. The lowest BCUT2D eigenvalue weighted by Gasteiger charge is -2.37. The Morgan fingerprint density at radius 1 is 0.750 bits per heavy atom. The number of benzene rings is 3. The highest BCUT2D eigenvalue weighted by molar-refractivity contribution is 6.47. The lowest BCUT2D eigenvalue weighted by molar-refractivity contribution is -0.0893. The van der Waals surface area contributed by atoms with Gasteiger partial charge < -0.3 is 14.3 Å². The summed E-state index contributed by atoms with van der Waals surface area (Å²) >= 11 is 0. The van der Waals surface area contributed by atoms with E-state index in [0.29, 0.717) is 7.48 Å². The number of nitrogens with zero attached hydrogens (tertiary/aromatic N) is 1. The third kappa shape index (κ3) is 3.23. The van der Waals surface area contributed by atoms with Gasteiger partial charge in [-0.25, -0.2) is 0 Å². The zero-order chi connectivity index (χ0) is 19.9. The molecule has 3 nitrogen and oxygen atoms in total. The first kappa shape index (κ1) is 18.8. The Labute approximate surface area is 166 Å². The Kier molecular flexibility index (Phi) is 4.57. The van der Waals surface area contributed by atoms with Crippen molar-refractivity contribution in [3.05, 3.63) is 72.8 Å². The van der Waals surface area contributed by atoms with Gasteiger partial charge in [0, 0.05) is 16.5 Å². The van der Waals surface area contributed by atoms with Crippen molar-refractivity contribution < 1.29 is 9.76 Å². The predicted molar refractivity (Wildman–Crippen MR) is 119 cm³/mol. The topological polar surface area (TPSA) is 34.4 Å². The molecule has 0 spiro atoms. The molecule has 4 aromatic rings. The van der Waals surface area contributed by atoms with Crippen molar-refractivity contribution in [1.29, 1.82) is 0 Å². The molecule has 3 aromatic carbocycles. The highest BCUT2D eigenvalue weighted by Crippen LogP contribution is 2.31. The van der Waals surface area contributed by atoms with E-state index < -0.39 is 11.2 Å². The minimum absolute atomic E-state index is 0.463. The summed E-state index contributed by atoms with van der Waals surface area (Å²) in [6.07, 6.45) is 0. The van der Waals surface area contributed by atoms with E-state index in [2.05, 4.69) is 77.4 Å². The van der Waals surface area contributed by atoms with Crippen molar-refractivity contribution in [2.24, 2.45) is 0 Å². The molecule has 0 radical (unpaired) electrons. The SMILES string of the molecule is CC(C)(O)C(C)(C)OBc1ccc(-n2c3ccccc3c3ccccc32)cc1. The first-order chi connectivity index (χ1) is 13.3. The molecule has 0 atom stereocenters. The van der Waals surface area contributed by atoms with Gasteiger partial charge in [-0.3, -0.25) is 0 Å². The maximum atomic E-state index is 10.3. The Balaban J connectivity index is 1.68. The molecule has 0 fully saturated rings. The summed E-state index contributed by atoms with van der Waals surface area (Å²) in [5.74, 6) is 0. The Hall–Kier alpha value is -2.56. The minimum Gasteiger partial charge on any atom is -0.427 e. The average Bonchev–Trinajstić information content (AvgIpc) is 3.01. The number of aromatic nitrogens is 1. The van der Waals surface area contributed by atoms with E-state index in [1.54, 1.807) is 13.8 Å². The van der Waals surface area contributed by atoms with E-state index in [9.17, 15) is 5.11 Å². The van der Waals surface area contributed by atoms with Gasteiger partial charge in [0.1, 0.15) is 0 Å². The van der Waals surface area contributed by atoms with Gasteiger partial charge in [0.25, 0.3) is 0 Å². The maximum absolute atomic E-state index is 10.3. The molecule has 0 saturated carbocycles. The molecule has 4 heteroatoms. The van der Waals surface area contributed by atoms with Crippen LogP contribution in [-0.4, -0.2) is 28.4 Å². The van der Waals surface area contributed by atoms with Gasteiger partial charge in [-0.1, -0.05) is 54.0 Å². The summed E-state index contributed by atoms with van der Waals surface area (Å²) in [4.78, 5) is 0. The van der Waals surface area contributed by atoms with Gasteiger partial charge >= 0.3 is 7.48 Å². The standard InChI is InChI=1S/C24H26BNO2/c1-23(2,27)24(3,4)28-25-17-13-15-18(16-14-17)26-21-11-7-5-9-19(21)20-10-6-8-12-22(20)26/h5-16,25,27H,1-4H3. The van der Waals surface area contributed by atoms with Crippen LogP contribution in [0.4, 0.5) is 0 Å². The minimum atomic E-state index is -0.907. The van der Waals surface area contributed by atoms with Crippen molar-refractivity contribution in [2.75, 3.05) is 0 Å². The monoisotopic (exact) mass is 371 g/mol. The van der Waals surface area contributed by atoms with Gasteiger partial charge in [0.05, 0.1) is 22.2 Å². The molecule has 142 valence electrons. The van der Waals surface area contributed by atoms with E-state index in [4.69, 9.17) is 4.65 Å². The maximum Gasteiger partial charge on any atom is 0.309 e. The fourth-order valence-corrected chi connectivity index (χ4v) is 3.38. The van der Waals surface area contributed by atoms with E-state index in [-0.39, 0.29) is 0 Å². The van der Waals surface area contributed by atoms with E-state index in [1.807, 2.05) is 13.8 Å². The molecule has 1 aromatic heterocycles. The molecule has 1 heterocycles. The highest BCUT2D eigenvalue weighted by atomic mass is 16.5. The van der Waals surface area contributed by atoms with Crippen LogP contribution < -0.4 is 5.46 Å². The van der Waals surface area contributed by atoms with Crippen molar-refractivity contribution in [2.45, 2.75) is 38.9 Å². The van der Waals surface area contributed by atoms with E-state index in [1.165, 1.54) is 21.8 Å². The van der Waals surface area contributed by atoms with Crippen LogP contribution in [0.1, 0.15) is 27.7 Å². The molecular formula is C24H26BNO2. The zero-order valence-corrected chi connectivity index (χ0v) is 16.9. The third-order valence-corrected chi connectivity index (χ3v) is 5.85. The number of hydrogen-bond acceptors (Lipinski definition) is 2. The van der Waals surface area contributed by atoms with Crippen molar-refractivity contribution in [3.8, 4) is 5.69 Å². The van der Waals surface area contributed by atoms with Crippen LogP contribution in [0.2, 0.25) is 0 Å². The van der Waals surface area contributed by atoms with E-state index in [0.717, 1.165) is 11.2 Å². The molecule has 28 heavy (non-hydrogen) atoms. The first-order valence-electron chi connectivity index (χ1n) is 9.72. The van der Waals surface area contributed by atoms with Crippen LogP contribution in [0.15, 0.2) is 72.8 Å². The number of para-hydroxylation sites is 2. The number of rotatable bonds is 5. The molecule has 0 bridgehead atoms. The van der Waals surface area contributed by atoms with Crippen LogP contribution in [0, 0.1) is 0 Å². The van der Waals surface area contributed by atoms with Crippen LogP contribution >= 0.6 is 0 Å². The van der Waals surface area contributed by atoms with Crippen LogP contribution in [0.3, 0.4) is 0 Å². The van der Waals surface area contributed by atoms with Crippen molar-refractivity contribution in [1.82, 2.24) is 4.57 Å². The summed E-state index contributed by atoms with van der Waals surface area (Å²) in [6.45, 7) is 7.38. The second kappa shape index (κ2) is 6.80. The summed E-state index contributed by atoms with van der Waals surface area (Å²) in [5, 5.41) is 12.8. The van der Waals surface area contributed by atoms with E-state index >= 15 is 0 Å². The normalized spacial score (nSPS) is 12.6. The molecule has 0 aliphatic rings. The molecule has 0 aliphatic heterocycles. The fourth-order valence-electron chi connectivity index (χ4n) is 3.38. The van der Waals surface area contributed by atoms with Gasteiger partial charge in [-0.15, -0.1) is 0 Å². The largest absolute Gasteiger partial charge is 0.427 e. The molecule has 1 N–H and O–H groups in total. The molecule has 0 unspecified atom stereocenters. The van der Waals surface area contributed by atoms with Gasteiger partial charge in [-0.05, 0) is 52.0 Å². The molecular weight excluding hydrogens is 345 g/mol. The second-order valence-electron chi connectivity index (χ2n) is 8.39.